The molecule has 0 radical (unpaired) electrons. The van der Waals surface area contributed by atoms with E-state index in [2.05, 4.69) is 12.2 Å². The minimum Gasteiger partial charge on any atom is -0.394 e. The molecule has 0 aromatic carbocycles. The molecule has 0 saturated heterocycles. The fraction of sp³-hybridized carbons (Fsp3) is 1.00. The first-order valence-corrected chi connectivity index (χ1v) is 5.56. The number of likely N-dealkylation sites (N-methyl/N-ethyl adjacent to an activating group) is 1. The number of hydrogen-bond acceptors (Lipinski definition) is 2. The van der Waals surface area contributed by atoms with Gasteiger partial charge in [0.1, 0.15) is 0 Å². The summed E-state index contributed by atoms with van der Waals surface area (Å²) in [6, 6.07) is 0. The van der Waals surface area contributed by atoms with Crippen molar-refractivity contribution in [2.24, 2.45) is 5.92 Å². The second-order valence-electron chi connectivity index (χ2n) is 4.39. The molecule has 0 aliphatic heterocycles. The Morgan fingerprint density at radius 3 is 2.69 bits per heavy atom. The molecule has 0 spiro atoms. The van der Waals surface area contributed by atoms with Crippen molar-refractivity contribution in [1.82, 2.24) is 5.32 Å². The Morgan fingerprint density at radius 2 is 2.15 bits per heavy atom. The number of aliphatic hydroxyl groups excluding tert-OH is 1. The Labute approximate surface area is 81.7 Å². The minimum atomic E-state index is 0.0317. The molecule has 1 rings (SSSR count). The van der Waals surface area contributed by atoms with Crippen molar-refractivity contribution in [3.05, 3.63) is 0 Å². The zero-order valence-electron chi connectivity index (χ0n) is 8.97. The summed E-state index contributed by atoms with van der Waals surface area (Å²) in [7, 11) is 1.97. The predicted molar refractivity (Wildman–Crippen MR) is 55.7 cm³/mol. The van der Waals surface area contributed by atoms with Gasteiger partial charge in [-0.25, -0.2) is 0 Å². The van der Waals surface area contributed by atoms with E-state index >= 15 is 0 Å². The van der Waals surface area contributed by atoms with Gasteiger partial charge in [0.25, 0.3) is 0 Å². The van der Waals surface area contributed by atoms with Crippen molar-refractivity contribution in [3.8, 4) is 0 Å². The molecule has 1 aliphatic rings. The van der Waals surface area contributed by atoms with Crippen LogP contribution in [0.5, 0.6) is 0 Å². The maximum absolute atomic E-state index is 9.36. The zero-order chi connectivity index (χ0) is 9.73. The fourth-order valence-electron chi connectivity index (χ4n) is 2.37. The standard InChI is InChI=1S/C11H23NO/c1-3-10-5-4-7-11(9-13,12-2)8-6-10/h10,12-13H,3-9H2,1-2H3. The molecule has 0 heterocycles. The van der Waals surface area contributed by atoms with E-state index in [0.717, 1.165) is 18.8 Å². The third-order valence-corrected chi connectivity index (χ3v) is 3.71. The molecule has 2 heteroatoms. The monoisotopic (exact) mass is 185 g/mol. The molecule has 1 saturated carbocycles. The van der Waals surface area contributed by atoms with Crippen LogP contribution in [0.15, 0.2) is 0 Å². The van der Waals surface area contributed by atoms with Gasteiger partial charge in [-0.1, -0.05) is 26.2 Å². The molecule has 78 valence electrons. The number of aliphatic hydroxyl groups is 1. The zero-order valence-corrected chi connectivity index (χ0v) is 8.97. The Kier molecular flexibility index (Phi) is 4.20. The van der Waals surface area contributed by atoms with E-state index in [1.165, 1.54) is 25.7 Å². The normalized spacial score (nSPS) is 35.8. The molecule has 2 atom stereocenters. The van der Waals surface area contributed by atoms with E-state index in [1.54, 1.807) is 0 Å². The van der Waals surface area contributed by atoms with Crippen LogP contribution in [-0.4, -0.2) is 24.3 Å². The first-order valence-electron chi connectivity index (χ1n) is 5.56. The van der Waals surface area contributed by atoms with Crippen LogP contribution in [0.25, 0.3) is 0 Å². The van der Waals surface area contributed by atoms with Crippen LogP contribution >= 0.6 is 0 Å². The molecule has 13 heavy (non-hydrogen) atoms. The molecule has 0 amide bonds. The van der Waals surface area contributed by atoms with Crippen LogP contribution < -0.4 is 5.32 Å². The van der Waals surface area contributed by atoms with Crippen molar-refractivity contribution in [1.29, 1.82) is 0 Å². The lowest BCUT2D eigenvalue weighted by Gasteiger charge is -2.30. The molecule has 2 nitrogen and oxygen atoms in total. The number of nitrogens with one attached hydrogen (secondary N) is 1. The van der Waals surface area contributed by atoms with E-state index in [4.69, 9.17) is 0 Å². The van der Waals surface area contributed by atoms with E-state index in [0.29, 0.717) is 6.61 Å². The first-order chi connectivity index (χ1) is 6.26. The van der Waals surface area contributed by atoms with Gasteiger partial charge in [-0.2, -0.15) is 0 Å². The van der Waals surface area contributed by atoms with Gasteiger partial charge < -0.3 is 10.4 Å². The second-order valence-corrected chi connectivity index (χ2v) is 4.39. The van der Waals surface area contributed by atoms with Crippen molar-refractivity contribution >= 4 is 0 Å². The quantitative estimate of drug-likeness (QED) is 0.658. The Bertz CT molecular complexity index is 143. The Hall–Kier alpha value is -0.0800. The van der Waals surface area contributed by atoms with Crippen LogP contribution in [0.3, 0.4) is 0 Å². The minimum absolute atomic E-state index is 0.0317. The van der Waals surface area contributed by atoms with Gasteiger partial charge >= 0.3 is 0 Å². The average molecular weight is 185 g/mol. The molecule has 0 aromatic rings. The lowest BCUT2D eigenvalue weighted by Crippen LogP contribution is -2.45. The molecule has 0 aromatic heterocycles. The largest absolute Gasteiger partial charge is 0.394 e. The summed E-state index contributed by atoms with van der Waals surface area (Å²) < 4.78 is 0. The summed E-state index contributed by atoms with van der Waals surface area (Å²) >= 11 is 0. The van der Waals surface area contributed by atoms with E-state index in [9.17, 15) is 5.11 Å². The summed E-state index contributed by atoms with van der Waals surface area (Å²) in [5.41, 5.74) is 0.0317. The summed E-state index contributed by atoms with van der Waals surface area (Å²) in [5.74, 6) is 0.891. The Morgan fingerprint density at radius 1 is 1.38 bits per heavy atom. The summed E-state index contributed by atoms with van der Waals surface area (Å²) in [6.45, 7) is 2.57. The second kappa shape index (κ2) is 4.97. The molecular formula is C11H23NO. The van der Waals surface area contributed by atoms with Crippen molar-refractivity contribution < 1.29 is 5.11 Å². The molecule has 2 unspecified atom stereocenters. The van der Waals surface area contributed by atoms with Crippen molar-refractivity contribution in [3.63, 3.8) is 0 Å². The van der Waals surface area contributed by atoms with Crippen molar-refractivity contribution in [2.45, 2.75) is 51.0 Å². The highest BCUT2D eigenvalue weighted by Crippen LogP contribution is 2.31. The van der Waals surface area contributed by atoms with Gasteiger partial charge in [0.15, 0.2) is 0 Å². The number of rotatable bonds is 3. The molecule has 2 N–H and O–H groups in total. The van der Waals surface area contributed by atoms with Crippen LogP contribution in [0.2, 0.25) is 0 Å². The highest BCUT2D eigenvalue weighted by atomic mass is 16.3. The van der Waals surface area contributed by atoms with Gasteiger partial charge in [0.2, 0.25) is 0 Å². The maximum Gasteiger partial charge on any atom is 0.0613 e. The maximum atomic E-state index is 9.36. The highest BCUT2D eigenvalue weighted by Gasteiger charge is 2.30. The van der Waals surface area contributed by atoms with Gasteiger partial charge in [-0.3, -0.25) is 0 Å². The molecule has 1 fully saturated rings. The lowest BCUT2D eigenvalue weighted by atomic mass is 9.90. The van der Waals surface area contributed by atoms with E-state index in [-0.39, 0.29) is 5.54 Å². The van der Waals surface area contributed by atoms with E-state index in [1.807, 2.05) is 7.05 Å². The van der Waals surface area contributed by atoms with Crippen LogP contribution in [0.1, 0.15) is 45.4 Å². The van der Waals surface area contributed by atoms with Gasteiger partial charge in [0.05, 0.1) is 6.61 Å². The smallest absolute Gasteiger partial charge is 0.0613 e. The third-order valence-electron chi connectivity index (χ3n) is 3.71. The first kappa shape index (κ1) is 11.0. The molecule has 1 aliphatic carbocycles. The number of hydrogen-bond donors (Lipinski definition) is 2. The average Bonchev–Trinajstić information content (AvgIpc) is 2.40. The third kappa shape index (κ3) is 2.68. The Balaban J connectivity index is 2.51. The van der Waals surface area contributed by atoms with Crippen molar-refractivity contribution in [2.75, 3.05) is 13.7 Å². The fourth-order valence-corrected chi connectivity index (χ4v) is 2.37. The van der Waals surface area contributed by atoms with Gasteiger partial charge in [-0.15, -0.1) is 0 Å². The molecule has 0 bridgehead atoms. The van der Waals surface area contributed by atoms with E-state index < -0.39 is 0 Å². The SMILES string of the molecule is CCC1CCCC(CO)(NC)CC1. The van der Waals surface area contributed by atoms with Crippen LogP contribution in [-0.2, 0) is 0 Å². The van der Waals surface area contributed by atoms with Crippen LogP contribution in [0.4, 0.5) is 0 Å². The summed E-state index contributed by atoms with van der Waals surface area (Å²) in [5, 5.41) is 12.7. The summed E-state index contributed by atoms with van der Waals surface area (Å²) in [4.78, 5) is 0. The van der Waals surface area contributed by atoms with Gasteiger partial charge in [0, 0.05) is 5.54 Å². The lowest BCUT2D eigenvalue weighted by molar-refractivity contribution is 0.151. The topological polar surface area (TPSA) is 32.3 Å². The van der Waals surface area contributed by atoms with Crippen LogP contribution in [0, 0.1) is 5.92 Å². The highest BCUT2D eigenvalue weighted by molar-refractivity contribution is 4.89. The molecular weight excluding hydrogens is 162 g/mol. The summed E-state index contributed by atoms with van der Waals surface area (Å²) in [6.07, 6.45) is 7.46. The van der Waals surface area contributed by atoms with Gasteiger partial charge in [-0.05, 0) is 32.2 Å². The predicted octanol–water partition coefficient (Wildman–Crippen LogP) is 1.93.